The molecule has 0 aliphatic heterocycles. The van der Waals surface area contributed by atoms with E-state index in [1.807, 2.05) is 13.1 Å². The first kappa shape index (κ1) is 10.6. The lowest BCUT2D eigenvalue weighted by atomic mass is 10.2. The molecule has 4 nitrogen and oxygen atoms in total. The number of hydrogen-bond acceptors (Lipinski definition) is 3. The van der Waals surface area contributed by atoms with Crippen molar-refractivity contribution >= 4 is 0 Å². The second kappa shape index (κ2) is 4.77. The molecule has 15 heavy (non-hydrogen) atoms. The molecule has 2 N–H and O–H groups in total. The number of nitrogens with zero attached hydrogens (tertiary/aromatic N) is 1. The fourth-order valence-corrected chi connectivity index (χ4v) is 2.24. The maximum atomic E-state index is 5.44. The van der Waals surface area contributed by atoms with Gasteiger partial charge in [-0.2, -0.15) is 5.10 Å². The van der Waals surface area contributed by atoms with Crippen molar-refractivity contribution in [1.29, 1.82) is 0 Å². The van der Waals surface area contributed by atoms with Crippen molar-refractivity contribution in [1.82, 2.24) is 15.5 Å². The summed E-state index contributed by atoms with van der Waals surface area (Å²) in [5.74, 6) is 0. The van der Waals surface area contributed by atoms with Gasteiger partial charge in [-0.05, 0) is 26.2 Å². The van der Waals surface area contributed by atoms with Gasteiger partial charge in [0.15, 0.2) is 0 Å². The monoisotopic (exact) mass is 209 g/mol. The van der Waals surface area contributed by atoms with Crippen LogP contribution in [0.1, 0.15) is 30.5 Å². The Kier molecular flexibility index (Phi) is 3.38. The third-order valence-electron chi connectivity index (χ3n) is 3.24. The Morgan fingerprint density at radius 1 is 1.60 bits per heavy atom. The highest BCUT2D eigenvalue weighted by molar-refractivity contribution is 5.14. The molecule has 2 atom stereocenters. The highest BCUT2D eigenvalue weighted by Crippen LogP contribution is 2.21. The Balaban J connectivity index is 1.85. The molecule has 1 aromatic rings. The first-order valence-corrected chi connectivity index (χ1v) is 5.56. The Bertz CT molecular complexity index is 311. The normalized spacial score (nSPS) is 26.0. The van der Waals surface area contributed by atoms with E-state index in [4.69, 9.17) is 4.74 Å². The predicted molar refractivity (Wildman–Crippen MR) is 58.6 cm³/mol. The molecule has 0 spiro atoms. The maximum absolute atomic E-state index is 5.44. The number of methoxy groups -OCH3 is 1. The van der Waals surface area contributed by atoms with Crippen LogP contribution >= 0.6 is 0 Å². The third kappa shape index (κ3) is 2.38. The van der Waals surface area contributed by atoms with Crippen molar-refractivity contribution in [3.05, 3.63) is 17.5 Å². The van der Waals surface area contributed by atoms with Gasteiger partial charge in [0.05, 0.1) is 12.3 Å². The molecule has 84 valence electrons. The molecule has 1 aliphatic carbocycles. The fourth-order valence-electron chi connectivity index (χ4n) is 2.24. The van der Waals surface area contributed by atoms with E-state index in [1.54, 1.807) is 7.11 Å². The van der Waals surface area contributed by atoms with Gasteiger partial charge in [-0.15, -0.1) is 0 Å². The quantitative estimate of drug-likeness (QED) is 0.787. The van der Waals surface area contributed by atoms with Crippen molar-refractivity contribution in [2.75, 3.05) is 7.11 Å². The van der Waals surface area contributed by atoms with Crippen LogP contribution in [0.15, 0.2) is 6.20 Å². The molecule has 4 heteroatoms. The van der Waals surface area contributed by atoms with E-state index in [1.165, 1.54) is 24.8 Å². The highest BCUT2D eigenvalue weighted by atomic mass is 16.5. The molecule has 0 radical (unpaired) electrons. The summed E-state index contributed by atoms with van der Waals surface area (Å²) < 4.78 is 5.44. The van der Waals surface area contributed by atoms with Crippen LogP contribution in [0.5, 0.6) is 0 Å². The molecule has 1 fully saturated rings. The van der Waals surface area contributed by atoms with Crippen LogP contribution in [-0.2, 0) is 11.3 Å². The Morgan fingerprint density at radius 3 is 3.13 bits per heavy atom. The minimum Gasteiger partial charge on any atom is -0.380 e. The van der Waals surface area contributed by atoms with Crippen LogP contribution in [-0.4, -0.2) is 29.5 Å². The van der Waals surface area contributed by atoms with Crippen molar-refractivity contribution in [2.45, 2.75) is 44.9 Å². The fraction of sp³-hybridized carbons (Fsp3) is 0.727. The summed E-state index contributed by atoms with van der Waals surface area (Å²) >= 11 is 0. The summed E-state index contributed by atoms with van der Waals surface area (Å²) in [5.41, 5.74) is 2.39. The van der Waals surface area contributed by atoms with E-state index in [9.17, 15) is 0 Å². The van der Waals surface area contributed by atoms with Crippen LogP contribution in [0.4, 0.5) is 0 Å². The number of ether oxygens (including phenoxy) is 1. The molecule has 1 aromatic heterocycles. The Morgan fingerprint density at radius 2 is 2.47 bits per heavy atom. The molecule has 1 aliphatic rings. The van der Waals surface area contributed by atoms with Crippen LogP contribution in [0.2, 0.25) is 0 Å². The van der Waals surface area contributed by atoms with Gasteiger partial charge in [0.2, 0.25) is 0 Å². The first-order chi connectivity index (χ1) is 7.31. The molecule has 0 aromatic carbocycles. The molecular formula is C11H19N3O. The van der Waals surface area contributed by atoms with Gasteiger partial charge in [0.1, 0.15) is 0 Å². The Labute approximate surface area is 90.4 Å². The summed E-state index contributed by atoms with van der Waals surface area (Å²) in [5, 5.41) is 10.5. The molecule has 0 amide bonds. The molecule has 1 heterocycles. The van der Waals surface area contributed by atoms with Crippen LogP contribution < -0.4 is 5.32 Å². The number of aromatic nitrogens is 2. The molecule has 1 saturated carbocycles. The summed E-state index contributed by atoms with van der Waals surface area (Å²) in [4.78, 5) is 0. The molecule has 2 rings (SSSR count). The van der Waals surface area contributed by atoms with Gasteiger partial charge in [-0.25, -0.2) is 0 Å². The topological polar surface area (TPSA) is 49.9 Å². The number of aromatic amines is 1. The van der Waals surface area contributed by atoms with Crippen molar-refractivity contribution in [3.63, 3.8) is 0 Å². The third-order valence-corrected chi connectivity index (χ3v) is 3.24. The van der Waals surface area contributed by atoms with Crippen molar-refractivity contribution < 1.29 is 4.74 Å². The van der Waals surface area contributed by atoms with Crippen LogP contribution in [0, 0.1) is 6.92 Å². The summed E-state index contributed by atoms with van der Waals surface area (Å²) in [6.07, 6.45) is 5.94. The Hall–Kier alpha value is -0.870. The zero-order valence-electron chi connectivity index (χ0n) is 9.42. The summed E-state index contributed by atoms with van der Waals surface area (Å²) in [6, 6.07) is 0.504. The number of nitrogens with one attached hydrogen (secondary N) is 2. The van der Waals surface area contributed by atoms with E-state index in [-0.39, 0.29) is 0 Å². The first-order valence-electron chi connectivity index (χ1n) is 5.56. The number of aryl methyl sites for hydroxylation is 1. The van der Waals surface area contributed by atoms with Gasteiger partial charge < -0.3 is 10.1 Å². The zero-order valence-corrected chi connectivity index (χ0v) is 9.42. The molecule has 0 saturated heterocycles. The number of H-pyrrole nitrogens is 1. The van der Waals surface area contributed by atoms with Crippen molar-refractivity contribution in [2.24, 2.45) is 0 Å². The highest BCUT2D eigenvalue weighted by Gasteiger charge is 2.26. The van der Waals surface area contributed by atoms with E-state index in [2.05, 4.69) is 15.5 Å². The SMILES string of the molecule is COC1CCCC1NCc1cn[nH]c1C. The lowest BCUT2D eigenvalue weighted by Crippen LogP contribution is -2.36. The number of rotatable bonds is 4. The number of hydrogen-bond donors (Lipinski definition) is 2. The molecular weight excluding hydrogens is 190 g/mol. The molecule has 2 unspecified atom stereocenters. The minimum absolute atomic E-state index is 0.386. The minimum atomic E-state index is 0.386. The lowest BCUT2D eigenvalue weighted by molar-refractivity contribution is 0.0847. The average molecular weight is 209 g/mol. The van der Waals surface area contributed by atoms with E-state index < -0.39 is 0 Å². The van der Waals surface area contributed by atoms with E-state index in [0.717, 1.165) is 12.2 Å². The standard InChI is InChI=1S/C11H19N3O/c1-8-9(7-13-14-8)6-12-10-4-3-5-11(10)15-2/h7,10-12H,3-6H2,1-2H3,(H,13,14). The summed E-state index contributed by atoms with van der Waals surface area (Å²) in [7, 11) is 1.80. The second-order valence-corrected chi connectivity index (χ2v) is 4.21. The van der Waals surface area contributed by atoms with Crippen LogP contribution in [0.3, 0.4) is 0 Å². The van der Waals surface area contributed by atoms with Gasteiger partial charge in [-0.1, -0.05) is 0 Å². The van der Waals surface area contributed by atoms with E-state index >= 15 is 0 Å². The van der Waals surface area contributed by atoms with E-state index in [0.29, 0.717) is 12.1 Å². The van der Waals surface area contributed by atoms with Gasteiger partial charge in [0, 0.05) is 31.0 Å². The average Bonchev–Trinajstić information content (AvgIpc) is 2.83. The van der Waals surface area contributed by atoms with Gasteiger partial charge >= 0.3 is 0 Å². The second-order valence-electron chi connectivity index (χ2n) is 4.21. The van der Waals surface area contributed by atoms with Crippen LogP contribution in [0.25, 0.3) is 0 Å². The maximum Gasteiger partial charge on any atom is 0.0724 e. The summed E-state index contributed by atoms with van der Waals surface area (Å²) in [6.45, 7) is 2.93. The zero-order chi connectivity index (χ0) is 10.7. The van der Waals surface area contributed by atoms with Crippen molar-refractivity contribution in [3.8, 4) is 0 Å². The lowest BCUT2D eigenvalue weighted by Gasteiger charge is -2.19. The van der Waals surface area contributed by atoms with Gasteiger partial charge in [0.25, 0.3) is 0 Å². The smallest absolute Gasteiger partial charge is 0.0724 e. The predicted octanol–water partition coefficient (Wildman–Crippen LogP) is 1.38. The molecule has 0 bridgehead atoms. The largest absolute Gasteiger partial charge is 0.380 e. The van der Waals surface area contributed by atoms with Gasteiger partial charge in [-0.3, -0.25) is 5.10 Å².